The van der Waals surface area contributed by atoms with Crippen LogP contribution in [0, 0.1) is 19.8 Å². The standard InChI is InChI=1S/C19H24N4O/c1-13-9-14(2)23(21-13)16-6-4-8-22(12-16)19(24)18-10-17(18)15-5-3-7-20-11-15/h3,5,7,9,11,16-18H,4,6,8,10,12H2,1-2H3/t16-,17-,18-/m1/s1. The summed E-state index contributed by atoms with van der Waals surface area (Å²) in [6.07, 6.45) is 6.80. The summed E-state index contributed by atoms with van der Waals surface area (Å²) < 4.78 is 2.11. The molecule has 0 unspecified atom stereocenters. The average molecular weight is 324 g/mol. The molecule has 0 radical (unpaired) electrons. The highest BCUT2D eigenvalue weighted by Crippen LogP contribution is 2.48. The van der Waals surface area contributed by atoms with Crippen molar-refractivity contribution in [2.75, 3.05) is 13.1 Å². The number of aromatic nitrogens is 3. The molecule has 0 bridgehead atoms. The smallest absolute Gasteiger partial charge is 0.226 e. The van der Waals surface area contributed by atoms with Crippen molar-refractivity contribution >= 4 is 5.91 Å². The summed E-state index contributed by atoms with van der Waals surface area (Å²) in [6.45, 7) is 5.79. The van der Waals surface area contributed by atoms with E-state index in [9.17, 15) is 4.79 Å². The molecule has 0 aromatic carbocycles. The third kappa shape index (κ3) is 2.83. The first kappa shape index (κ1) is 15.4. The lowest BCUT2D eigenvalue weighted by atomic mass is 10.0. The first-order valence-corrected chi connectivity index (χ1v) is 8.85. The van der Waals surface area contributed by atoms with E-state index in [1.54, 1.807) is 6.20 Å². The third-order valence-electron chi connectivity index (χ3n) is 5.32. The normalized spacial score (nSPS) is 26.4. The van der Waals surface area contributed by atoms with E-state index in [1.165, 1.54) is 11.3 Å². The number of amides is 1. The maximum atomic E-state index is 12.9. The SMILES string of the molecule is Cc1cc(C)n([C@@H]2CCCN(C(=O)[C@@H]3C[C@@H]3c3cccnc3)C2)n1. The number of aryl methyl sites for hydroxylation is 2. The minimum absolute atomic E-state index is 0.147. The molecule has 1 aliphatic heterocycles. The second-order valence-corrected chi connectivity index (χ2v) is 7.19. The van der Waals surface area contributed by atoms with Crippen molar-refractivity contribution in [2.24, 2.45) is 5.92 Å². The van der Waals surface area contributed by atoms with Gasteiger partial charge in [-0.15, -0.1) is 0 Å². The average Bonchev–Trinajstić information content (AvgIpc) is 3.33. The number of hydrogen-bond acceptors (Lipinski definition) is 3. The van der Waals surface area contributed by atoms with Crippen LogP contribution in [0.4, 0.5) is 0 Å². The van der Waals surface area contributed by atoms with Crippen LogP contribution in [0.15, 0.2) is 30.6 Å². The zero-order valence-corrected chi connectivity index (χ0v) is 14.4. The number of carbonyl (C=O) groups excluding carboxylic acids is 1. The molecule has 2 aliphatic rings. The van der Waals surface area contributed by atoms with Gasteiger partial charge in [0.1, 0.15) is 0 Å². The molecule has 0 N–H and O–H groups in total. The Morgan fingerprint density at radius 2 is 2.21 bits per heavy atom. The van der Waals surface area contributed by atoms with Gasteiger partial charge in [0.2, 0.25) is 5.91 Å². The predicted molar refractivity (Wildman–Crippen MR) is 91.6 cm³/mol. The Hall–Kier alpha value is -2.17. The molecular formula is C19H24N4O. The maximum Gasteiger partial charge on any atom is 0.226 e. The topological polar surface area (TPSA) is 51.0 Å². The van der Waals surface area contributed by atoms with Gasteiger partial charge in [0.25, 0.3) is 0 Å². The van der Waals surface area contributed by atoms with Crippen molar-refractivity contribution in [1.29, 1.82) is 0 Å². The van der Waals surface area contributed by atoms with E-state index in [0.717, 1.165) is 38.0 Å². The quantitative estimate of drug-likeness (QED) is 0.872. The monoisotopic (exact) mass is 324 g/mol. The fourth-order valence-electron chi connectivity index (χ4n) is 4.04. The van der Waals surface area contributed by atoms with Gasteiger partial charge in [-0.25, -0.2) is 0 Å². The lowest BCUT2D eigenvalue weighted by Gasteiger charge is -2.33. The lowest BCUT2D eigenvalue weighted by Crippen LogP contribution is -2.42. The summed E-state index contributed by atoms with van der Waals surface area (Å²) >= 11 is 0. The van der Waals surface area contributed by atoms with Gasteiger partial charge < -0.3 is 4.90 Å². The fraction of sp³-hybridized carbons (Fsp3) is 0.526. The van der Waals surface area contributed by atoms with Crippen LogP contribution in [-0.2, 0) is 4.79 Å². The van der Waals surface area contributed by atoms with Crippen molar-refractivity contribution < 1.29 is 4.79 Å². The molecule has 2 aromatic rings. The molecule has 5 nitrogen and oxygen atoms in total. The predicted octanol–water partition coefficient (Wildman–Crippen LogP) is 2.86. The van der Waals surface area contributed by atoms with E-state index < -0.39 is 0 Å². The van der Waals surface area contributed by atoms with Crippen LogP contribution < -0.4 is 0 Å². The Morgan fingerprint density at radius 1 is 1.33 bits per heavy atom. The summed E-state index contributed by atoms with van der Waals surface area (Å²) in [5.74, 6) is 0.823. The summed E-state index contributed by atoms with van der Waals surface area (Å²) in [5, 5.41) is 4.62. The van der Waals surface area contributed by atoms with E-state index >= 15 is 0 Å². The van der Waals surface area contributed by atoms with Gasteiger partial charge in [0, 0.05) is 37.1 Å². The largest absolute Gasteiger partial charge is 0.340 e. The number of piperidine rings is 1. The molecule has 2 aromatic heterocycles. The maximum absolute atomic E-state index is 12.9. The minimum atomic E-state index is 0.147. The second kappa shape index (κ2) is 6.04. The van der Waals surface area contributed by atoms with Crippen molar-refractivity contribution in [3.8, 4) is 0 Å². The molecule has 3 heterocycles. The molecule has 1 saturated heterocycles. The Labute approximate surface area is 142 Å². The number of hydrogen-bond donors (Lipinski definition) is 0. The molecule has 3 atom stereocenters. The van der Waals surface area contributed by atoms with E-state index in [2.05, 4.69) is 38.7 Å². The zero-order chi connectivity index (χ0) is 16.7. The molecule has 2 fully saturated rings. The van der Waals surface area contributed by atoms with Gasteiger partial charge in [-0.2, -0.15) is 5.10 Å². The third-order valence-corrected chi connectivity index (χ3v) is 5.32. The second-order valence-electron chi connectivity index (χ2n) is 7.19. The fourth-order valence-corrected chi connectivity index (χ4v) is 4.04. The number of rotatable bonds is 3. The highest BCUT2D eigenvalue weighted by molar-refractivity contribution is 5.83. The summed E-state index contributed by atoms with van der Waals surface area (Å²) in [6, 6.07) is 6.46. The molecular weight excluding hydrogens is 300 g/mol. The van der Waals surface area contributed by atoms with E-state index in [4.69, 9.17) is 0 Å². The van der Waals surface area contributed by atoms with Gasteiger partial charge in [0.15, 0.2) is 0 Å². The van der Waals surface area contributed by atoms with E-state index in [1.807, 2.05) is 19.2 Å². The van der Waals surface area contributed by atoms with Crippen LogP contribution in [0.5, 0.6) is 0 Å². The Morgan fingerprint density at radius 3 is 2.92 bits per heavy atom. The zero-order valence-electron chi connectivity index (χ0n) is 14.4. The van der Waals surface area contributed by atoms with Crippen LogP contribution in [0.3, 0.4) is 0 Å². The van der Waals surface area contributed by atoms with E-state index in [-0.39, 0.29) is 5.92 Å². The highest BCUT2D eigenvalue weighted by atomic mass is 16.2. The van der Waals surface area contributed by atoms with Crippen LogP contribution in [0.25, 0.3) is 0 Å². The first-order chi connectivity index (χ1) is 11.6. The lowest BCUT2D eigenvalue weighted by molar-refractivity contribution is -0.134. The summed E-state index contributed by atoms with van der Waals surface area (Å²) in [5.41, 5.74) is 3.43. The van der Waals surface area contributed by atoms with Crippen molar-refractivity contribution in [3.63, 3.8) is 0 Å². The molecule has 24 heavy (non-hydrogen) atoms. The Balaban J connectivity index is 1.43. The van der Waals surface area contributed by atoms with Crippen molar-refractivity contribution in [2.45, 2.75) is 45.1 Å². The molecule has 0 spiro atoms. The van der Waals surface area contributed by atoms with E-state index in [0.29, 0.717) is 17.9 Å². The van der Waals surface area contributed by atoms with Crippen LogP contribution in [-0.4, -0.2) is 38.7 Å². The number of likely N-dealkylation sites (tertiary alicyclic amines) is 1. The van der Waals surface area contributed by atoms with Gasteiger partial charge >= 0.3 is 0 Å². The number of nitrogens with zero attached hydrogens (tertiary/aromatic N) is 4. The molecule has 1 saturated carbocycles. The molecule has 1 aliphatic carbocycles. The number of carbonyl (C=O) groups is 1. The highest BCUT2D eigenvalue weighted by Gasteiger charge is 2.46. The Kier molecular flexibility index (Phi) is 3.87. The first-order valence-electron chi connectivity index (χ1n) is 8.85. The molecule has 5 heteroatoms. The minimum Gasteiger partial charge on any atom is -0.340 e. The molecule has 1 amide bonds. The van der Waals surface area contributed by atoms with Crippen LogP contribution in [0.2, 0.25) is 0 Å². The Bertz CT molecular complexity index is 739. The van der Waals surface area contributed by atoms with Gasteiger partial charge in [-0.3, -0.25) is 14.5 Å². The van der Waals surface area contributed by atoms with Crippen molar-refractivity contribution in [1.82, 2.24) is 19.7 Å². The molecule has 126 valence electrons. The molecule has 4 rings (SSSR count). The number of pyridine rings is 1. The van der Waals surface area contributed by atoms with Gasteiger partial charge in [-0.05, 0) is 56.7 Å². The van der Waals surface area contributed by atoms with Gasteiger partial charge in [0.05, 0.1) is 11.7 Å². The van der Waals surface area contributed by atoms with Crippen LogP contribution >= 0.6 is 0 Å². The summed E-state index contributed by atoms with van der Waals surface area (Å²) in [7, 11) is 0. The van der Waals surface area contributed by atoms with Crippen LogP contribution in [0.1, 0.15) is 48.2 Å². The van der Waals surface area contributed by atoms with Gasteiger partial charge in [-0.1, -0.05) is 6.07 Å². The van der Waals surface area contributed by atoms with Crippen molar-refractivity contribution in [3.05, 3.63) is 47.5 Å². The summed E-state index contributed by atoms with van der Waals surface area (Å²) in [4.78, 5) is 19.1.